The van der Waals surface area contributed by atoms with Crippen molar-refractivity contribution in [2.75, 3.05) is 19.0 Å². The first-order valence-corrected chi connectivity index (χ1v) is 3.33. The van der Waals surface area contributed by atoms with Crippen LogP contribution in [0.4, 0.5) is 6.01 Å². The van der Waals surface area contributed by atoms with Gasteiger partial charge in [-0.2, -0.15) is 0 Å². The Morgan fingerprint density at radius 1 is 1.50 bits per heavy atom. The lowest BCUT2D eigenvalue weighted by Gasteiger charge is -2.02. The molecule has 1 aromatic rings. The standard InChI is InChI=1S/C5H8ClN3O/c1-9(2)5-8-7-4(3-6)10-5/h3H2,1-2H3. The van der Waals surface area contributed by atoms with Crippen LogP contribution in [0.3, 0.4) is 0 Å². The molecule has 0 saturated carbocycles. The molecule has 0 amide bonds. The van der Waals surface area contributed by atoms with Crippen molar-refractivity contribution < 1.29 is 4.42 Å². The fraction of sp³-hybridized carbons (Fsp3) is 0.600. The van der Waals surface area contributed by atoms with Gasteiger partial charge in [0.05, 0.1) is 0 Å². The van der Waals surface area contributed by atoms with Crippen molar-refractivity contribution in [1.82, 2.24) is 10.2 Å². The van der Waals surface area contributed by atoms with Gasteiger partial charge in [-0.05, 0) is 0 Å². The molecule has 0 radical (unpaired) electrons. The largest absolute Gasteiger partial charge is 0.407 e. The Morgan fingerprint density at radius 3 is 2.50 bits per heavy atom. The molecule has 0 unspecified atom stereocenters. The number of anilines is 1. The number of hydrogen-bond acceptors (Lipinski definition) is 4. The Kier molecular flexibility index (Phi) is 2.11. The Morgan fingerprint density at radius 2 is 2.20 bits per heavy atom. The van der Waals surface area contributed by atoms with Crippen molar-refractivity contribution in [2.24, 2.45) is 0 Å². The normalized spacial score (nSPS) is 9.90. The molecule has 0 N–H and O–H groups in total. The average Bonchev–Trinajstić information content (AvgIpc) is 2.34. The maximum Gasteiger partial charge on any atom is 0.317 e. The van der Waals surface area contributed by atoms with Gasteiger partial charge in [0.15, 0.2) is 0 Å². The molecular weight excluding hydrogens is 154 g/mol. The first-order chi connectivity index (χ1) is 4.74. The maximum absolute atomic E-state index is 5.43. The second kappa shape index (κ2) is 2.88. The van der Waals surface area contributed by atoms with Crippen LogP contribution in [0.2, 0.25) is 0 Å². The number of alkyl halides is 1. The third-order valence-electron chi connectivity index (χ3n) is 0.953. The van der Waals surface area contributed by atoms with E-state index in [4.69, 9.17) is 16.0 Å². The quantitative estimate of drug-likeness (QED) is 0.604. The van der Waals surface area contributed by atoms with E-state index in [0.717, 1.165) is 0 Å². The number of halogens is 1. The van der Waals surface area contributed by atoms with Crippen molar-refractivity contribution >= 4 is 17.6 Å². The summed E-state index contributed by atoms with van der Waals surface area (Å²) in [5, 5.41) is 7.38. The van der Waals surface area contributed by atoms with Gasteiger partial charge in [-0.1, -0.05) is 5.10 Å². The number of nitrogens with zero attached hydrogens (tertiary/aromatic N) is 3. The summed E-state index contributed by atoms with van der Waals surface area (Å²) < 4.78 is 5.07. The van der Waals surface area contributed by atoms with Gasteiger partial charge in [0.1, 0.15) is 5.88 Å². The van der Waals surface area contributed by atoms with Crippen LogP contribution < -0.4 is 4.90 Å². The zero-order valence-electron chi connectivity index (χ0n) is 5.83. The molecule has 10 heavy (non-hydrogen) atoms. The fourth-order valence-electron chi connectivity index (χ4n) is 0.479. The van der Waals surface area contributed by atoms with E-state index in [1.165, 1.54) is 0 Å². The van der Waals surface area contributed by atoms with Gasteiger partial charge in [-0.15, -0.1) is 16.7 Å². The summed E-state index contributed by atoms with van der Waals surface area (Å²) in [5.41, 5.74) is 0. The lowest BCUT2D eigenvalue weighted by molar-refractivity contribution is 0.514. The monoisotopic (exact) mass is 161 g/mol. The first kappa shape index (κ1) is 7.34. The van der Waals surface area contributed by atoms with Gasteiger partial charge < -0.3 is 9.32 Å². The second-order valence-corrected chi connectivity index (χ2v) is 2.27. The molecule has 0 aliphatic heterocycles. The van der Waals surface area contributed by atoms with Gasteiger partial charge in [-0.25, -0.2) is 0 Å². The highest BCUT2D eigenvalue weighted by Gasteiger charge is 2.04. The summed E-state index contributed by atoms with van der Waals surface area (Å²) in [4.78, 5) is 1.73. The van der Waals surface area contributed by atoms with Crippen LogP contribution in [0.25, 0.3) is 0 Å². The van der Waals surface area contributed by atoms with Crippen molar-refractivity contribution in [1.29, 1.82) is 0 Å². The number of rotatable bonds is 2. The van der Waals surface area contributed by atoms with Crippen molar-refractivity contribution in [3.63, 3.8) is 0 Å². The van der Waals surface area contributed by atoms with Gasteiger partial charge in [0, 0.05) is 14.1 Å². The van der Waals surface area contributed by atoms with E-state index in [-0.39, 0.29) is 5.88 Å². The van der Waals surface area contributed by atoms with E-state index in [2.05, 4.69) is 10.2 Å². The van der Waals surface area contributed by atoms with Gasteiger partial charge >= 0.3 is 6.01 Å². The lowest BCUT2D eigenvalue weighted by atomic mass is 10.8. The minimum atomic E-state index is 0.265. The van der Waals surface area contributed by atoms with Crippen LogP contribution in [-0.4, -0.2) is 24.3 Å². The average molecular weight is 162 g/mol. The van der Waals surface area contributed by atoms with Gasteiger partial charge in [-0.3, -0.25) is 0 Å². The minimum absolute atomic E-state index is 0.265. The summed E-state index contributed by atoms with van der Waals surface area (Å²) in [6, 6.07) is 0.482. The van der Waals surface area contributed by atoms with Crippen LogP contribution in [0, 0.1) is 0 Å². The molecular formula is C5H8ClN3O. The molecule has 5 heteroatoms. The minimum Gasteiger partial charge on any atom is -0.407 e. The molecule has 0 bridgehead atoms. The Balaban J connectivity index is 2.78. The van der Waals surface area contributed by atoms with Crippen molar-refractivity contribution in [2.45, 2.75) is 5.88 Å². The summed E-state index contributed by atoms with van der Waals surface area (Å²) in [6.07, 6.45) is 0. The number of hydrogen-bond donors (Lipinski definition) is 0. The first-order valence-electron chi connectivity index (χ1n) is 2.79. The van der Waals surface area contributed by atoms with E-state index in [0.29, 0.717) is 11.9 Å². The van der Waals surface area contributed by atoms with E-state index in [9.17, 15) is 0 Å². The van der Waals surface area contributed by atoms with Crippen LogP contribution in [-0.2, 0) is 5.88 Å². The highest BCUT2D eigenvalue weighted by molar-refractivity contribution is 6.16. The lowest BCUT2D eigenvalue weighted by Crippen LogP contribution is -2.08. The molecule has 1 heterocycles. The Hall–Kier alpha value is -0.770. The Labute approximate surface area is 63.8 Å². The summed E-state index contributed by atoms with van der Waals surface area (Å²) >= 11 is 5.43. The third-order valence-corrected chi connectivity index (χ3v) is 1.18. The molecule has 0 atom stereocenters. The predicted octanol–water partition coefficient (Wildman–Crippen LogP) is 0.874. The summed E-state index contributed by atoms with van der Waals surface area (Å²) in [5.74, 6) is 0.714. The smallest absolute Gasteiger partial charge is 0.317 e. The number of aromatic nitrogens is 2. The molecule has 0 aliphatic carbocycles. The van der Waals surface area contributed by atoms with E-state index < -0.39 is 0 Å². The molecule has 56 valence electrons. The molecule has 0 aromatic carbocycles. The molecule has 0 spiro atoms. The predicted molar refractivity (Wildman–Crippen MR) is 38.2 cm³/mol. The Bertz CT molecular complexity index is 210. The molecule has 1 rings (SSSR count). The maximum atomic E-state index is 5.43. The van der Waals surface area contributed by atoms with Gasteiger partial charge in [0.25, 0.3) is 0 Å². The fourth-order valence-corrected chi connectivity index (χ4v) is 0.587. The molecule has 1 aromatic heterocycles. The molecule has 0 saturated heterocycles. The van der Waals surface area contributed by atoms with E-state index in [1.54, 1.807) is 4.90 Å². The third kappa shape index (κ3) is 1.39. The molecule has 0 aliphatic rings. The topological polar surface area (TPSA) is 42.2 Å². The second-order valence-electron chi connectivity index (χ2n) is 2.01. The van der Waals surface area contributed by atoms with Crippen LogP contribution in [0.1, 0.15) is 5.89 Å². The highest BCUT2D eigenvalue weighted by Crippen LogP contribution is 2.09. The molecule has 0 fully saturated rings. The van der Waals surface area contributed by atoms with Gasteiger partial charge in [0.2, 0.25) is 5.89 Å². The van der Waals surface area contributed by atoms with Crippen molar-refractivity contribution in [3.05, 3.63) is 5.89 Å². The SMILES string of the molecule is CN(C)c1nnc(CCl)o1. The van der Waals surface area contributed by atoms with Crippen LogP contribution in [0.5, 0.6) is 0 Å². The molecule has 4 nitrogen and oxygen atoms in total. The summed E-state index contributed by atoms with van der Waals surface area (Å²) in [6.45, 7) is 0. The van der Waals surface area contributed by atoms with Crippen LogP contribution >= 0.6 is 11.6 Å². The van der Waals surface area contributed by atoms with E-state index >= 15 is 0 Å². The zero-order chi connectivity index (χ0) is 7.56. The van der Waals surface area contributed by atoms with E-state index in [1.807, 2.05) is 14.1 Å². The summed E-state index contributed by atoms with van der Waals surface area (Å²) in [7, 11) is 3.65. The van der Waals surface area contributed by atoms with Crippen molar-refractivity contribution in [3.8, 4) is 0 Å². The van der Waals surface area contributed by atoms with Crippen LogP contribution in [0.15, 0.2) is 4.42 Å². The zero-order valence-corrected chi connectivity index (χ0v) is 6.59. The highest BCUT2D eigenvalue weighted by atomic mass is 35.5.